The Morgan fingerprint density at radius 2 is 0.683 bits per heavy atom. The third-order valence-corrected chi connectivity index (χ3v) is 13.2. The molecule has 0 saturated heterocycles. The third kappa shape index (κ3) is 48.3. The maximum absolute atomic E-state index is 12.5. The SMILES string of the molecule is CCCCCCCCCCC/C=C/C(O)C(CO)NC(=O)C(O)CCCCCCCCCCCCCCCCCC/C=C\C/C=C\CCCCCCCCCCCCCCCCC. The first kappa shape index (κ1) is 61.6. The zero-order valence-electron chi connectivity index (χ0n) is 42.5. The van der Waals surface area contributed by atoms with Crippen molar-refractivity contribution < 1.29 is 20.1 Å². The van der Waals surface area contributed by atoms with Crippen molar-refractivity contribution in [2.45, 2.75) is 321 Å². The third-order valence-electron chi connectivity index (χ3n) is 13.2. The average molecular weight is 887 g/mol. The largest absolute Gasteiger partial charge is 0.394 e. The Morgan fingerprint density at radius 1 is 0.397 bits per heavy atom. The highest BCUT2D eigenvalue weighted by Gasteiger charge is 2.22. The fraction of sp³-hybridized carbons (Fsp3) is 0.879. The van der Waals surface area contributed by atoms with Crippen LogP contribution in [0.5, 0.6) is 0 Å². The lowest BCUT2D eigenvalue weighted by molar-refractivity contribution is -0.131. The monoisotopic (exact) mass is 886 g/mol. The number of aliphatic hydroxyl groups is 3. The number of carbonyl (C=O) groups is 1. The summed E-state index contributed by atoms with van der Waals surface area (Å²) in [6.07, 6.45) is 69.6. The first-order valence-electron chi connectivity index (χ1n) is 28.3. The molecule has 4 N–H and O–H groups in total. The van der Waals surface area contributed by atoms with Gasteiger partial charge in [0.1, 0.15) is 6.10 Å². The van der Waals surface area contributed by atoms with E-state index in [9.17, 15) is 20.1 Å². The normalized spacial score (nSPS) is 13.5. The Hall–Kier alpha value is -1.43. The first-order valence-corrected chi connectivity index (χ1v) is 28.3. The van der Waals surface area contributed by atoms with Crippen LogP contribution < -0.4 is 5.32 Å². The van der Waals surface area contributed by atoms with E-state index in [0.717, 1.165) is 38.5 Å². The van der Waals surface area contributed by atoms with Gasteiger partial charge in [0, 0.05) is 0 Å². The number of carbonyl (C=O) groups excluding carboxylic acids is 1. The van der Waals surface area contributed by atoms with E-state index in [0.29, 0.717) is 6.42 Å². The van der Waals surface area contributed by atoms with E-state index >= 15 is 0 Å². The number of allylic oxidation sites excluding steroid dienone is 5. The topological polar surface area (TPSA) is 89.8 Å². The number of aliphatic hydroxyl groups excluding tert-OH is 3. The van der Waals surface area contributed by atoms with Crippen molar-refractivity contribution in [1.82, 2.24) is 5.32 Å². The quantitative estimate of drug-likeness (QED) is 0.0362. The number of hydrogen-bond donors (Lipinski definition) is 4. The van der Waals surface area contributed by atoms with Crippen molar-refractivity contribution in [2.24, 2.45) is 0 Å². The van der Waals surface area contributed by atoms with Gasteiger partial charge in [-0.3, -0.25) is 4.79 Å². The Balaban J connectivity index is 3.46. The van der Waals surface area contributed by atoms with Gasteiger partial charge in [0.05, 0.1) is 18.8 Å². The molecule has 0 aliphatic heterocycles. The summed E-state index contributed by atoms with van der Waals surface area (Å²) >= 11 is 0. The molecule has 63 heavy (non-hydrogen) atoms. The van der Waals surface area contributed by atoms with Crippen molar-refractivity contribution in [2.75, 3.05) is 6.61 Å². The van der Waals surface area contributed by atoms with E-state index in [1.54, 1.807) is 6.08 Å². The number of hydrogen-bond acceptors (Lipinski definition) is 4. The highest BCUT2D eigenvalue weighted by Crippen LogP contribution is 2.17. The molecule has 0 bridgehead atoms. The second-order valence-electron chi connectivity index (χ2n) is 19.5. The summed E-state index contributed by atoms with van der Waals surface area (Å²) in [6.45, 7) is 4.18. The maximum atomic E-state index is 12.5. The van der Waals surface area contributed by atoms with Crippen molar-refractivity contribution in [3.63, 3.8) is 0 Å². The minimum atomic E-state index is -1.10. The second kappa shape index (κ2) is 53.2. The lowest BCUT2D eigenvalue weighted by Gasteiger charge is -2.21. The first-order chi connectivity index (χ1) is 31.1. The van der Waals surface area contributed by atoms with Crippen LogP contribution in [0.4, 0.5) is 0 Å². The minimum absolute atomic E-state index is 0.362. The Labute approximate surface area is 394 Å². The van der Waals surface area contributed by atoms with Crippen LogP contribution in [0.3, 0.4) is 0 Å². The summed E-state index contributed by atoms with van der Waals surface area (Å²) in [7, 11) is 0. The maximum Gasteiger partial charge on any atom is 0.249 e. The van der Waals surface area contributed by atoms with Gasteiger partial charge in [0.15, 0.2) is 0 Å². The summed E-state index contributed by atoms with van der Waals surface area (Å²) in [5, 5.41) is 33.2. The Bertz CT molecular complexity index is 978. The van der Waals surface area contributed by atoms with Crippen molar-refractivity contribution in [3.05, 3.63) is 36.5 Å². The molecule has 0 rings (SSSR count). The van der Waals surface area contributed by atoms with Gasteiger partial charge >= 0.3 is 0 Å². The van der Waals surface area contributed by atoms with Crippen molar-refractivity contribution in [3.8, 4) is 0 Å². The number of unbranched alkanes of at least 4 members (excludes halogenated alkanes) is 40. The van der Waals surface area contributed by atoms with E-state index in [-0.39, 0.29) is 6.61 Å². The van der Waals surface area contributed by atoms with Gasteiger partial charge in [-0.15, -0.1) is 0 Å². The van der Waals surface area contributed by atoms with Crippen molar-refractivity contribution >= 4 is 5.91 Å². The molecular weight excluding hydrogens is 775 g/mol. The number of rotatable bonds is 52. The standard InChI is InChI=1S/C58H111NO4/c1-3-5-7-9-11-13-15-16-17-18-19-20-21-22-23-24-25-26-27-28-29-30-31-32-33-34-35-36-37-38-39-40-41-43-45-47-49-51-53-57(62)58(63)59-55(54-60)56(61)52-50-48-46-44-42-14-12-10-8-6-4-2/h25-26,28-29,50,52,55-57,60-62H,3-24,27,30-49,51,53-54H2,1-2H3,(H,59,63)/b26-25-,29-28-,52-50+. The van der Waals surface area contributed by atoms with Crippen molar-refractivity contribution in [1.29, 1.82) is 0 Å². The van der Waals surface area contributed by atoms with Gasteiger partial charge in [-0.2, -0.15) is 0 Å². The van der Waals surface area contributed by atoms with Gasteiger partial charge in [-0.25, -0.2) is 0 Å². The molecule has 0 fully saturated rings. The molecule has 5 heteroatoms. The zero-order valence-corrected chi connectivity index (χ0v) is 42.5. The molecule has 0 aromatic rings. The molecule has 0 spiro atoms. The summed E-state index contributed by atoms with van der Waals surface area (Å²) in [5.74, 6) is -0.502. The molecule has 0 saturated carbocycles. The van der Waals surface area contributed by atoms with Gasteiger partial charge in [0.25, 0.3) is 0 Å². The fourth-order valence-corrected chi connectivity index (χ4v) is 8.81. The molecule has 0 radical (unpaired) electrons. The molecule has 3 atom stereocenters. The second-order valence-corrected chi connectivity index (χ2v) is 19.5. The van der Waals surface area contributed by atoms with E-state index in [1.807, 2.05) is 6.08 Å². The van der Waals surface area contributed by atoms with Crippen LogP contribution in [-0.4, -0.2) is 46.1 Å². The minimum Gasteiger partial charge on any atom is -0.394 e. The van der Waals surface area contributed by atoms with Crippen LogP contribution >= 0.6 is 0 Å². The summed E-state index contributed by atoms with van der Waals surface area (Å²) in [4.78, 5) is 12.5. The van der Waals surface area contributed by atoms with Crippen LogP contribution in [0.1, 0.15) is 303 Å². The van der Waals surface area contributed by atoms with Gasteiger partial charge in [-0.1, -0.05) is 288 Å². The van der Waals surface area contributed by atoms with E-state index < -0.39 is 24.2 Å². The predicted molar refractivity (Wildman–Crippen MR) is 278 cm³/mol. The predicted octanol–water partition coefficient (Wildman–Crippen LogP) is 17.4. The van der Waals surface area contributed by atoms with E-state index in [4.69, 9.17) is 0 Å². The molecule has 372 valence electrons. The summed E-state index contributed by atoms with van der Waals surface area (Å²) in [5.41, 5.74) is 0. The van der Waals surface area contributed by atoms with Crippen LogP contribution in [0, 0.1) is 0 Å². The summed E-state index contributed by atoms with van der Waals surface area (Å²) < 4.78 is 0. The van der Waals surface area contributed by atoms with Gasteiger partial charge in [-0.05, 0) is 51.4 Å². The number of nitrogens with one attached hydrogen (secondary N) is 1. The lowest BCUT2D eigenvalue weighted by Crippen LogP contribution is -2.48. The van der Waals surface area contributed by atoms with E-state index in [1.165, 1.54) is 244 Å². The van der Waals surface area contributed by atoms with Crippen LogP contribution in [-0.2, 0) is 4.79 Å². The average Bonchev–Trinajstić information content (AvgIpc) is 3.29. The molecule has 0 aliphatic carbocycles. The smallest absolute Gasteiger partial charge is 0.249 e. The lowest BCUT2D eigenvalue weighted by atomic mass is 10.0. The highest BCUT2D eigenvalue weighted by molar-refractivity contribution is 5.80. The fourth-order valence-electron chi connectivity index (χ4n) is 8.81. The number of amides is 1. The highest BCUT2D eigenvalue weighted by atomic mass is 16.3. The van der Waals surface area contributed by atoms with E-state index in [2.05, 4.69) is 43.5 Å². The molecule has 0 aromatic heterocycles. The summed E-state index contributed by atoms with van der Waals surface area (Å²) in [6, 6.07) is -0.796. The molecule has 0 heterocycles. The Kier molecular flexibility index (Phi) is 52.0. The van der Waals surface area contributed by atoms with Crippen LogP contribution in [0.15, 0.2) is 36.5 Å². The molecule has 0 aromatic carbocycles. The van der Waals surface area contributed by atoms with Gasteiger partial charge in [0.2, 0.25) is 5.91 Å². The zero-order chi connectivity index (χ0) is 45.8. The molecular formula is C58H111NO4. The van der Waals surface area contributed by atoms with Gasteiger partial charge < -0.3 is 20.6 Å². The molecule has 3 unspecified atom stereocenters. The Morgan fingerprint density at radius 3 is 1.00 bits per heavy atom. The van der Waals surface area contributed by atoms with Crippen LogP contribution in [0.2, 0.25) is 0 Å². The van der Waals surface area contributed by atoms with Crippen LogP contribution in [0.25, 0.3) is 0 Å². The molecule has 5 nitrogen and oxygen atoms in total. The molecule has 0 aliphatic rings. The molecule has 1 amide bonds.